The highest BCUT2D eigenvalue weighted by Crippen LogP contribution is 2.35. The highest BCUT2D eigenvalue weighted by Gasteiger charge is 2.32. The van der Waals surface area contributed by atoms with Crippen molar-refractivity contribution in [2.75, 3.05) is 0 Å². The number of aromatic nitrogens is 3. The van der Waals surface area contributed by atoms with E-state index in [1.807, 2.05) is 48.7 Å². The maximum atomic E-state index is 10.7. The third kappa shape index (κ3) is 5.17. The molecule has 184 valence electrons. The van der Waals surface area contributed by atoms with Crippen molar-refractivity contribution >= 4 is 6.09 Å². The van der Waals surface area contributed by atoms with Crippen LogP contribution < -0.4 is 14.8 Å². The first kappa shape index (κ1) is 23.4. The van der Waals surface area contributed by atoms with E-state index in [1.54, 1.807) is 17.1 Å². The van der Waals surface area contributed by atoms with E-state index < -0.39 is 6.09 Å². The van der Waals surface area contributed by atoms with Crippen LogP contribution in [0.1, 0.15) is 37.8 Å². The fourth-order valence-corrected chi connectivity index (χ4v) is 4.31. The number of ether oxygens (including phenoxy) is 2. The van der Waals surface area contributed by atoms with Crippen LogP contribution in [0.15, 0.2) is 85.3 Å². The van der Waals surface area contributed by atoms with Gasteiger partial charge in [-0.2, -0.15) is 5.10 Å². The predicted molar refractivity (Wildman–Crippen MR) is 135 cm³/mol. The van der Waals surface area contributed by atoms with Gasteiger partial charge in [0.2, 0.25) is 0 Å². The van der Waals surface area contributed by atoms with Crippen LogP contribution >= 0.6 is 0 Å². The molecule has 0 spiro atoms. The maximum absolute atomic E-state index is 10.7. The third-order valence-electron chi connectivity index (χ3n) is 6.57. The van der Waals surface area contributed by atoms with E-state index >= 15 is 0 Å². The topological polar surface area (TPSA) is 98.5 Å². The number of carbonyl (C=O) groups is 1. The highest BCUT2D eigenvalue weighted by molar-refractivity contribution is 5.65. The fraction of sp³-hybridized carbons (Fsp3) is 0.250. The number of hydrogen-bond donors (Lipinski definition) is 2. The van der Waals surface area contributed by atoms with Gasteiger partial charge in [-0.25, -0.2) is 14.5 Å². The normalized spacial score (nSPS) is 17.2. The van der Waals surface area contributed by atoms with Crippen LogP contribution in [0.4, 0.5) is 4.79 Å². The number of rotatable bonds is 8. The number of hydrogen-bond acceptors (Lipinski definition) is 5. The number of carboxylic acid groups (broad SMARTS) is 1. The van der Waals surface area contributed by atoms with Crippen LogP contribution in [-0.4, -0.2) is 38.1 Å². The molecule has 4 aromatic rings. The molecule has 0 saturated heterocycles. The molecule has 0 aliphatic heterocycles. The molecule has 0 radical (unpaired) electrons. The van der Waals surface area contributed by atoms with E-state index in [0.717, 1.165) is 22.9 Å². The van der Waals surface area contributed by atoms with Gasteiger partial charge in [-0.1, -0.05) is 38.1 Å². The van der Waals surface area contributed by atoms with E-state index in [-0.39, 0.29) is 17.6 Å². The first-order chi connectivity index (χ1) is 17.4. The Bertz CT molecular complexity index is 1300. The third-order valence-corrected chi connectivity index (χ3v) is 6.57. The second-order valence-electron chi connectivity index (χ2n) is 9.44. The molecule has 1 fully saturated rings. The average Bonchev–Trinajstić information content (AvgIpc) is 3.39. The van der Waals surface area contributed by atoms with Crippen molar-refractivity contribution in [3.63, 3.8) is 0 Å². The van der Waals surface area contributed by atoms with E-state index in [4.69, 9.17) is 14.6 Å². The second-order valence-corrected chi connectivity index (χ2v) is 9.44. The number of pyridine rings is 1. The molecule has 2 heterocycles. The summed E-state index contributed by atoms with van der Waals surface area (Å²) in [4.78, 5) is 15.1. The number of nitrogens with zero attached hydrogens (tertiary/aromatic N) is 3. The monoisotopic (exact) mass is 484 g/mol. The van der Waals surface area contributed by atoms with Gasteiger partial charge in [-0.3, -0.25) is 0 Å². The summed E-state index contributed by atoms with van der Waals surface area (Å²) in [5, 5.41) is 15.4. The molecule has 1 aliphatic rings. The van der Waals surface area contributed by atoms with Crippen LogP contribution in [0.3, 0.4) is 0 Å². The van der Waals surface area contributed by atoms with Crippen molar-refractivity contribution < 1.29 is 19.4 Å². The summed E-state index contributed by atoms with van der Waals surface area (Å²) in [5.74, 6) is 2.92. The Labute approximate surface area is 209 Å². The molecule has 2 N–H and O–H groups in total. The summed E-state index contributed by atoms with van der Waals surface area (Å²) >= 11 is 0. The zero-order valence-electron chi connectivity index (χ0n) is 20.2. The Morgan fingerprint density at radius 2 is 1.61 bits per heavy atom. The van der Waals surface area contributed by atoms with E-state index in [1.165, 1.54) is 5.56 Å². The van der Waals surface area contributed by atoms with E-state index in [2.05, 4.69) is 53.5 Å². The van der Waals surface area contributed by atoms with Crippen LogP contribution in [-0.2, 0) is 5.41 Å². The van der Waals surface area contributed by atoms with Gasteiger partial charge in [0, 0.05) is 36.7 Å². The second kappa shape index (κ2) is 9.73. The summed E-state index contributed by atoms with van der Waals surface area (Å²) in [7, 11) is 0. The molecule has 8 heteroatoms. The highest BCUT2D eigenvalue weighted by atomic mass is 16.5. The van der Waals surface area contributed by atoms with Crippen molar-refractivity contribution in [1.82, 2.24) is 20.1 Å². The van der Waals surface area contributed by atoms with Gasteiger partial charge in [0.1, 0.15) is 23.4 Å². The van der Waals surface area contributed by atoms with E-state index in [0.29, 0.717) is 18.6 Å². The summed E-state index contributed by atoms with van der Waals surface area (Å²) in [5.41, 5.74) is 2.12. The van der Waals surface area contributed by atoms with Crippen molar-refractivity contribution in [2.24, 2.45) is 0 Å². The van der Waals surface area contributed by atoms with Gasteiger partial charge in [0.25, 0.3) is 0 Å². The van der Waals surface area contributed by atoms with Crippen LogP contribution in [0.2, 0.25) is 0 Å². The lowest BCUT2D eigenvalue weighted by atomic mass is 9.78. The van der Waals surface area contributed by atoms with Crippen LogP contribution in [0.25, 0.3) is 5.82 Å². The summed E-state index contributed by atoms with van der Waals surface area (Å²) in [6.07, 6.45) is 5.69. The number of benzene rings is 2. The van der Waals surface area contributed by atoms with Gasteiger partial charge >= 0.3 is 6.09 Å². The molecule has 0 bridgehead atoms. The smallest absolute Gasteiger partial charge is 0.404 e. The van der Waals surface area contributed by atoms with E-state index in [9.17, 15) is 4.79 Å². The molecule has 0 atom stereocenters. The largest absolute Gasteiger partial charge is 0.490 e. The molecule has 2 aromatic heterocycles. The summed E-state index contributed by atoms with van der Waals surface area (Å²) in [6, 6.07) is 21.8. The van der Waals surface area contributed by atoms with Gasteiger partial charge in [0.05, 0.1) is 6.20 Å². The lowest BCUT2D eigenvalue weighted by molar-refractivity contribution is 0.0833. The predicted octanol–water partition coefficient (Wildman–Crippen LogP) is 5.56. The quantitative estimate of drug-likeness (QED) is 0.340. The number of amides is 1. The molecule has 1 amide bonds. The lowest BCUT2D eigenvalue weighted by Gasteiger charge is -2.35. The molecule has 1 aliphatic carbocycles. The van der Waals surface area contributed by atoms with Gasteiger partial charge < -0.3 is 19.9 Å². The maximum Gasteiger partial charge on any atom is 0.404 e. The summed E-state index contributed by atoms with van der Waals surface area (Å²) in [6.45, 7) is 4.37. The first-order valence-corrected chi connectivity index (χ1v) is 11.9. The molecule has 5 rings (SSSR count). The summed E-state index contributed by atoms with van der Waals surface area (Å²) < 4.78 is 13.6. The average molecular weight is 485 g/mol. The minimum Gasteiger partial charge on any atom is -0.490 e. The number of nitrogens with one attached hydrogen (secondary N) is 1. The molecule has 1 saturated carbocycles. The van der Waals surface area contributed by atoms with Gasteiger partial charge in [-0.15, -0.1) is 0 Å². The van der Waals surface area contributed by atoms with Crippen LogP contribution in [0, 0.1) is 0 Å². The van der Waals surface area contributed by atoms with Crippen molar-refractivity contribution in [1.29, 1.82) is 0 Å². The molecule has 36 heavy (non-hydrogen) atoms. The molecule has 0 unspecified atom stereocenters. The lowest BCUT2D eigenvalue weighted by Crippen LogP contribution is -2.48. The Hall–Kier alpha value is -4.33. The fourth-order valence-electron chi connectivity index (χ4n) is 4.31. The van der Waals surface area contributed by atoms with Crippen LogP contribution in [0.5, 0.6) is 17.2 Å². The van der Waals surface area contributed by atoms with Crippen molar-refractivity contribution in [2.45, 2.75) is 44.2 Å². The molecule has 2 aromatic carbocycles. The molecule has 8 nitrogen and oxygen atoms in total. The van der Waals surface area contributed by atoms with Crippen molar-refractivity contribution in [3.05, 3.63) is 96.4 Å². The van der Waals surface area contributed by atoms with Gasteiger partial charge in [-0.05, 0) is 53.6 Å². The minimum atomic E-state index is -0.985. The van der Waals surface area contributed by atoms with Gasteiger partial charge in [0.15, 0.2) is 5.82 Å². The first-order valence-electron chi connectivity index (χ1n) is 11.9. The standard InChI is InChI=1S/C28H28N4O4/c1-28(2,20-6-10-23(11-7-20)36-25-16-21(17-25)31-27(33)34)19-4-8-22(9-5-19)35-24-12-13-26(29-18-24)32-15-3-14-30-32/h3-15,18,21,25,31H,16-17H2,1-2H3,(H,33,34). The molecular weight excluding hydrogens is 456 g/mol. The zero-order valence-corrected chi connectivity index (χ0v) is 20.2. The van der Waals surface area contributed by atoms with Crippen molar-refractivity contribution in [3.8, 4) is 23.1 Å². The Morgan fingerprint density at radius 1 is 0.972 bits per heavy atom. The SMILES string of the molecule is CC(C)(c1ccc(Oc2ccc(-n3cccn3)nc2)cc1)c1ccc(OC2CC(NC(=O)O)C2)cc1. The molecular formula is C28H28N4O4. The Balaban J connectivity index is 1.19. The Kier molecular flexibility index (Phi) is 6.33. The minimum absolute atomic E-state index is 0.0182. The Morgan fingerprint density at radius 3 is 2.17 bits per heavy atom. The zero-order chi connectivity index (χ0) is 25.1.